The molecule has 0 N–H and O–H groups in total. The molecule has 2 aromatic rings. The maximum absolute atomic E-state index is 13.2. The molecule has 0 aliphatic carbocycles. The summed E-state index contributed by atoms with van der Waals surface area (Å²) in [6, 6.07) is 10.8. The van der Waals surface area contributed by atoms with Crippen LogP contribution in [0, 0.1) is 11.7 Å². The summed E-state index contributed by atoms with van der Waals surface area (Å²) in [5.41, 5.74) is 3.24. The minimum absolute atomic E-state index is 0.120. The van der Waals surface area contributed by atoms with Crippen molar-refractivity contribution in [1.82, 2.24) is 14.8 Å². The van der Waals surface area contributed by atoms with E-state index in [9.17, 15) is 9.18 Å². The number of aryl methyl sites for hydroxylation is 1. The molecule has 0 radical (unpaired) electrons. The van der Waals surface area contributed by atoms with Gasteiger partial charge in [-0.15, -0.1) is 0 Å². The van der Waals surface area contributed by atoms with Gasteiger partial charge in [0.2, 0.25) is 5.91 Å². The van der Waals surface area contributed by atoms with Crippen molar-refractivity contribution in [2.24, 2.45) is 5.92 Å². The summed E-state index contributed by atoms with van der Waals surface area (Å²) >= 11 is 0. The van der Waals surface area contributed by atoms with Crippen LogP contribution in [0.2, 0.25) is 0 Å². The van der Waals surface area contributed by atoms with Crippen molar-refractivity contribution in [3.63, 3.8) is 0 Å². The van der Waals surface area contributed by atoms with E-state index in [1.807, 2.05) is 11.1 Å². The van der Waals surface area contributed by atoms with Crippen molar-refractivity contribution < 1.29 is 9.18 Å². The molecule has 1 aliphatic rings. The smallest absolute Gasteiger partial charge is 0.224 e. The number of carbonyl (C=O) groups excluding carboxylic acids is 1. The summed E-state index contributed by atoms with van der Waals surface area (Å²) in [4.78, 5) is 21.8. The van der Waals surface area contributed by atoms with Gasteiger partial charge in [0, 0.05) is 44.8 Å². The summed E-state index contributed by atoms with van der Waals surface area (Å²) in [5, 5.41) is 0. The Morgan fingerprint density at radius 1 is 1.11 bits per heavy atom. The van der Waals surface area contributed by atoms with Gasteiger partial charge in [-0.1, -0.05) is 39.0 Å². The highest BCUT2D eigenvalue weighted by molar-refractivity contribution is 5.77. The Hall–Kier alpha value is -2.27. The third kappa shape index (κ3) is 5.16. The van der Waals surface area contributed by atoms with Crippen LogP contribution >= 0.6 is 0 Å². The lowest BCUT2D eigenvalue weighted by Gasteiger charge is -2.34. The Labute approximate surface area is 167 Å². The molecule has 1 fully saturated rings. The fourth-order valence-electron chi connectivity index (χ4n) is 3.73. The number of hydrogen-bond acceptors (Lipinski definition) is 3. The zero-order valence-corrected chi connectivity index (χ0v) is 17.1. The molecule has 150 valence electrons. The highest BCUT2D eigenvalue weighted by Gasteiger charge is 2.31. The van der Waals surface area contributed by atoms with E-state index in [4.69, 9.17) is 0 Å². The molecular weight excluding hydrogens is 353 g/mol. The van der Waals surface area contributed by atoms with Gasteiger partial charge in [-0.25, -0.2) is 4.39 Å². The number of pyridine rings is 1. The SMILES string of the molecule is CCc1ccc(CN2CCC(=O)N(Cc3ccc(F)cc3)[C@H](C(C)C)C2)nc1. The van der Waals surface area contributed by atoms with Crippen LogP contribution in [0.15, 0.2) is 42.6 Å². The predicted molar refractivity (Wildman–Crippen MR) is 109 cm³/mol. The minimum atomic E-state index is -0.251. The number of amides is 1. The van der Waals surface area contributed by atoms with Gasteiger partial charge >= 0.3 is 0 Å². The van der Waals surface area contributed by atoms with Gasteiger partial charge in [0.1, 0.15) is 5.82 Å². The van der Waals surface area contributed by atoms with E-state index in [0.29, 0.717) is 18.9 Å². The number of benzene rings is 1. The topological polar surface area (TPSA) is 36.4 Å². The molecular formula is C23H30FN3O. The molecule has 4 nitrogen and oxygen atoms in total. The molecule has 1 amide bonds. The van der Waals surface area contributed by atoms with Gasteiger partial charge in [-0.2, -0.15) is 0 Å². The summed E-state index contributed by atoms with van der Waals surface area (Å²) in [6.45, 7) is 9.28. The fourth-order valence-corrected chi connectivity index (χ4v) is 3.73. The van der Waals surface area contributed by atoms with E-state index >= 15 is 0 Å². The minimum Gasteiger partial charge on any atom is -0.334 e. The number of hydrogen-bond donors (Lipinski definition) is 0. The summed E-state index contributed by atoms with van der Waals surface area (Å²) in [6.07, 6.45) is 3.43. The monoisotopic (exact) mass is 383 g/mol. The first-order valence-electron chi connectivity index (χ1n) is 10.2. The van der Waals surface area contributed by atoms with Gasteiger partial charge in [-0.05, 0) is 41.7 Å². The van der Waals surface area contributed by atoms with Crippen molar-refractivity contribution in [2.75, 3.05) is 13.1 Å². The number of carbonyl (C=O) groups is 1. The lowest BCUT2D eigenvalue weighted by molar-refractivity contribution is -0.134. The van der Waals surface area contributed by atoms with Gasteiger partial charge in [0.25, 0.3) is 0 Å². The molecule has 1 aromatic carbocycles. The number of halogens is 1. The zero-order chi connectivity index (χ0) is 20.1. The van der Waals surface area contributed by atoms with Gasteiger partial charge in [0.15, 0.2) is 0 Å². The van der Waals surface area contributed by atoms with Gasteiger partial charge < -0.3 is 4.90 Å². The van der Waals surface area contributed by atoms with E-state index in [1.54, 1.807) is 12.1 Å². The molecule has 5 heteroatoms. The second-order valence-corrected chi connectivity index (χ2v) is 7.96. The Morgan fingerprint density at radius 3 is 2.43 bits per heavy atom. The fraction of sp³-hybridized carbons (Fsp3) is 0.478. The quantitative estimate of drug-likeness (QED) is 0.755. The number of rotatable bonds is 6. The second kappa shape index (κ2) is 9.28. The van der Waals surface area contributed by atoms with Crippen LogP contribution < -0.4 is 0 Å². The molecule has 0 unspecified atom stereocenters. The van der Waals surface area contributed by atoms with E-state index in [2.05, 4.69) is 42.8 Å². The first-order valence-corrected chi connectivity index (χ1v) is 10.2. The van der Waals surface area contributed by atoms with Crippen molar-refractivity contribution in [3.05, 3.63) is 65.2 Å². The Balaban J connectivity index is 1.74. The van der Waals surface area contributed by atoms with Crippen LogP contribution in [0.1, 0.15) is 44.0 Å². The van der Waals surface area contributed by atoms with Crippen molar-refractivity contribution >= 4 is 5.91 Å². The molecule has 1 saturated heterocycles. The normalized spacial score (nSPS) is 18.5. The molecule has 2 heterocycles. The third-order valence-corrected chi connectivity index (χ3v) is 5.52. The summed E-state index contributed by atoms with van der Waals surface area (Å²) in [5.74, 6) is 0.249. The maximum Gasteiger partial charge on any atom is 0.224 e. The predicted octanol–water partition coefficient (Wildman–Crippen LogP) is 4.04. The Kier molecular flexibility index (Phi) is 6.79. The lowest BCUT2D eigenvalue weighted by Crippen LogP contribution is -2.45. The highest BCUT2D eigenvalue weighted by Crippen LogP contribution is 2.22. The van der Waals surface area contributed by atoms with Crippen LogP contribution in [-0.4, -0.2) is 39.8 Å². The van der Waals surface area contributed by atoms with Gasteiger partial charge in [0.05, 0.1) is 5.69 Å². The Bertz CT molecular complexity index is 773. The van der Waals surface area contributed by atoms with E-state index in [-0.39, 0.29) is 17.8 Å². The molecule has 0 saturated carbocycles. The van der Waals surface area contributed by atoms with Crippen LogP contribution in [0.3, 0.4) is 0 Å². The molecule has 1 aliphatic heterocycles. The molecule has 28 heavy (non-hydrogen) atoms. The van der Waals surface area contributed by atoms with Crippen LogP contribution in [0.5, 0.6) is 0 Å². The average molecular weight is 384 g/mol. The second-order valence-electron chi connectivity index (χ2n) is 7.96. The average Bonchev–Trinajstić information content (AvgIpc) is 2.84. The first-order chi connectivity index (χ1) is 13.5. The van der Waals surface area contributed by atoms with E-state index in [0.717, 1.165) is 37.3 Å². The third-order valence-electron chi connectivity index (χ3n) is 5.52. The standard InChI is InChI=1S/C23H30FN3O/c1-4-18-7-10-21(25-13-18)15-26-12-11-23(28)27(22(16-26)17(2)3)14-19-5-8-20(24)9-6-19/h5-10,13,17,22H,4,11-12,14-16H2,1-3H3/t22-/m0/s1. The van der Waals surface area contributed by atoms with Gasteiger partial charge in [-0.3, -0.25) is 14.7 Å². The number of aromatic nitrogens is 1. The van der Waals surface area contributed by atoms with Crippen LogP contribution in [0.25, 0.3) is 0 Å². The molecule has 3 rings (SSSR count). The number of nitrogens with zero attached hydrogens (tertiary/aromatic N) is 3. The van der Waals surface area contributed by atoms with Crippen molar-refractivity contribution in [2.45, 2.75) is 52.7 Å². The van der Waals surface area contributed by atoms with E-state index in [1.165, 1.54) is 17.7 Å². The van der Waals surface area contributed by atoms with E-state index < -0.39 is 0 Å². The largest absolute Gasteiger partial charge is 0.334 e. The molecule has 1 atom stereocenters. The zero-order valence-electron chi connectivity index (χ0n) is 17.1. The molecule has 0 spiro atoms. The lowest BCUT2D eigenvalue weighted by atomic mass is 10.0. The van der Waals surface area contributed by atoms with Crippen molar-refractivity contribution in [3.8, 4) is 0 Å². The summed E-state index contributed by atoms with van der Waals surface area (Å²) < 4.78 is 13.2. The highest BCUT2D eigenvalue weighted by atomic mass is 19.1. The van der Waals surface area contributed by atoms with Crippen LogP contribution in [-0.2, 0) is 24.3 Å². The first kappa shape index (κ1) is 20.5. The Morgan fingerprint density at radius 2 is 1.82 bits per heavy atom. The molecule has 0 bridgehead atoms. The molecule has 1 aromatic heterocycles. The van der Waals surface area contributed by atoms with Crippen LogP contribution in [0.4, 0.5) is 4.39 Å². The maximum atomic E-state index is 13.2. The summed E-state index contributed by atoms with van der Waals surface area (Å²) in [7, 11) is 0. The van der Waals surface area contributed by atoms with Crippen molar-refractivity contribution in [1.29, 1.82) is 0 Å².